The Morgan fingerprint density at radius 3 is 3.11 bits per heavy atom. The molecule has 0 aromatic carbocycles. The maximum atomic E-state index is 11.8. The van der Waals surface area contributed by atoms with Crippen LogP contribution in [0.5, 0.6) is 0 Å². The topological polar surface area (TPSA) is 69.2 Å². The number of thioether (sulfide) groups is 1. The summed E-state index contributed by atoms with van der Waals surface area (Å²) < 4.78 is 0. The van der Waals surface area contributed by atoms with E-state index in [4.69, 9.17) is 5.11 Å². The van der Waals surface area contributed by atoms with Crippen LogP contribution in [-0.4, -0.2) is 43.7 Å². The fraction of sp³-hybridized carbons (Fsp3) is 0.667. The molecular weight excluding hydrogens is 250 g/mol. The largest absolute Gasteiger partial charge is 0.396 e. The van der Waals surface area contributed by atoms with E-state index in [1.807, 2.05) is 11.8 Å². The third kappa shape index (κ3) is 2.93. The van der Waals surface area contributed by atoms with Gasteiger partial charge in [-0.3, -0.25) is 9.69 Å². The molecule has 1 aromatic heterocycles. The van der Waals surface area contributed by atoms with Crippen molar-refractivity contribution < 1.29 is 5.11 Å². The number of hydrogen-bond donors (Lipinski definition) is 2. The number of aromatic nitrogens is 2. The number of rotatable bonds is 4. The minimum Gasteiger partial charge on any atom is -0.396 e. The average Bonchev–Trinajstić information content (AvgIpc) is 2.66. The lowest BCUT2D eigenvalue weighted by atomic mass is 10.1. The fourth-order valence-corrected chi connectivity index (χ4v) is 3.60. The van der Waals surface area contributed by atoms with Crippen LogP contribution in [0.15, 0.2) is 11.0 Å². The fourth-order valence-electron chi connectivity index (χ4n) is 2.17. The van der Waals surface area contributed by atoms with Gasteiger partial charge in [-0.25, -0.2) is 4.98 Å². The molecule has 2 N–H and O–H groups in total. The highest BCUT2D eigenvalue weighted by molar-refractivity contribution is 8.00. The van der Waals surface area contributed by atoms with Gasteiger partial charge < -0.3 is 10.1 Å². The van der Waals surface area contributed by atoms with E-state index in [0.717, 1.165) is 12.3 Å². The summed E-state index contributed by atoms with van der Waals surface area (Å²) >= 11 is 1.84. The van der Waals surface area contributed by atoms with Crippen LogP contribution in [0.2, 0.25) is 0 Å². The zero-order valence-electron chi connectivity index (χ0n) is 10.7. The Balaban J connectivity index is 2.04. The maximum absolute atomic E-state index is 11.8. The summed E-state index contributed by atoms with van der Waals surface area (Å²) in [7, 11) is 0. The number of aliphatic hydroxyl groups excluding tert-OH is 1. The van der Waals surface area contributed by atoms with Crippen LogP contribution in [0.25, 0.3) is 0 Å². The standard InChI is InChI=1S/C12H19N3O2S/c1-8-11(3-4-16)18-7-15(8)6-10-5-13-9(2)14-12(10)17/h5,8,11,16H,3-4,6-7H2,1-2H3,(H,13,14,17)/t8-,11-/m1/s1. The second kappa shape index (κ2) is 5.86. The molecule has 100 valence electrons. The summed E-state index contributed by atoms with van der Waals surface area (Å²) in [5, 5.41) is 9.45. The molecule has 0 amide bonds. The predicted molar refractivity (Wildman–Crippen MR) is 72.5 cm³/mol. The summed E-state index contributed by atoms with van der Waals surface area (Å²) in [6.07, 6.45) is 2.47. The van der Waals surface area contributed by atoms with Crippen LogP contribution in [0.3, 0.4) is 0 Å². The van der Waals surface area contributed by atoms with Crippen molar-refractivity contribution >= 4 is 11.8 Å². The molecule has 18 heavy (non-hydrogen) atoms. The van der Waals surface area contributed by atoms with Gasteiger partial charge in [-0.1, -0.05) is 0 Å². The van der Waals surface area contributed by atoms with Crippen molar-refractivity contribution in [1.29, 1.82) is 0 Å². The van der Waals surface area contributed by atoms with E-state index < -0.39 is 0 Å². The first kappa shape index (κ1) is 13.6. The summed E-state index contributed by atoms with van der Waals surface area (Å²) in [6, 6.07) is 0.378. The summed E-state index contributed by atoms with van der Waals surface area (Å²) in [5.74, 6) is 1.55. The maximum Gasteiger partial charge on any atom is 0.255 e. The molecule has 1 aromatic rings. The van der Waals surface area contributed by atoms with Crippen LogP contribution in [0, 0.1) is 6.92 Å². The van der Waals surface area contributed by atoms with Crippen LogP contribution in [0.4, 0.5) is 0 Å². The Hall–Kier alpha value is -0.850. The molecule has 0 bridgehead atoms. The van der Waals surface area contributed by atoms with Crippen molar-refractivity contribution in [3.05, 3.63) is 27.9 Å². The van der Waals surface area contributed by atoms with Gasteiger partial charge in [0.2, 0.25) is 0 Å². The van der Waals surface area contributed by atoms with Crippen molar-refractivity contribution in [2.45, 2.75) is 38.1 Å². The number of nitrogens with zero attached hydrogens (tertiary/aromatic N) is 2. The molecule has 0 saturated carbocycles. The summed E-state index contributed by atoms with van der Waals surface area (Å²) in [6.45, 7) is 4.77. The van der Waals surface area contributed by atoms with Crippen LogP contribution in [0.1, 0.15) is 24.7 Å². The SMILES string of the molecule is Cc1ncc(CN2CS[C@H](CCO)[C@H]2C)c(=O)[nH]1. The highest BCUT2D eigenvalue weighted by atomic mass is 32.2. The molecule has 1 fully saturated rings. The van der Waals surface area contributed by atoms with Gasteiger partial charge in [0.15, 0.2) is 0 Å². The highest BCUT2D eigenvalue weighted by Gasteiger charge is 2.31. The van der Waals surface area contributed by atoms with E-state index in [1.54, 1.807) is 13.1 Å². The molecule has 2 heterocycles. The number of hydrogen-bond acceptors (Lipinski definition) is 5. The molecule has 0 unspecified atom stereocenters. The molecule has 6 heteroatoms. The number of aromatic amines is 1. The van der Waals surface area contributed by atoms with Crippen molar-refractivity contribution in [1.82, 2.24) is 14.9 Å². The lowest BCUT2D eigenvalue weighted by Crippen LogP contribution is -2.34. The molecule has 2 atom stereocenters. The number of aliphatic hydroxyl groups is 1. The molecule has 1 aliphatic rings. The third-order valence-electron chi connectivity index (χ3n) is 3.36. The van der Waals surface area contributed by atoms with Crippen molar-refractivity contribution in [3.8, 4) is 0 Å². The Morgan fingerprint density at radius 1 is 1.67 bits per heavy atom. The second-order valence-electron chi connectivity index (χ2n) is 4.66. The Kier molecular flexibility index (Phi) is 4.42. The molecule has 1 saturated heterocycles. The Labute approximate surface area is 111 Å². The summed E-state index contributed by atoms with van der Waals surface area (Å²) in [5.41, 5.74) is 0.656. The monoisotopic (exact) mass is 269 g/mol. The van der Waals surface area contributed by atoms with Gasteiger partial charge in [0.1, 0.15) is 5.82 Å². The van der Waals surface area contributed by atoms with Gasteiger partial charge in [-0.15, -0.1) is 11.8 Å². The van der Waals surface area contributed by atoms with E-state index in [1.165, 1.54) is 0 Å². The molecule has 5 nitrogen and oxygen atoms in total. The molecule has 1 aliphatic heterocycles. The molecule has 2 rings (SSSR count). The number of H-pyrrole nitrogens is 1. The first-order valence-electron chi connectivity index (χ1n) is 6.13. The predicted octanol–water partition coefficient (Wildman–Crippen LogP) is 0.724. The highest BCUT2D eigenvalue weighted by Crippen LogP contribution is 2.31. The van der Waals surface area contributed by atoms with Crippen LogP contribution in [-0.2, 0) is 6.54 Å². The van der Waals surface area contributed by atoms with E-state index in [-0.39, 0.29) is 12.2 Å². The smallest absolute Gasteiger partial charge is 0.255 e. The van der Waals surface area contributed by atoms with E-state index in [0.29, 0.717) is 29.2 Å². The summed E-state index contributed by atoms with van der Waals surface area (Å²) in [4.78, 5) is 20.9. The average molecular weight is 269 g/mol. The van der Waals surface area contributed by atoms with Crippen molar-refractivity contribution in [3.63, 3.8) is 0 Å². The van der Waals surface area contributed by atoms with E-state index >= 15 is 0 Å². The minimum atomic E-state index is -0.0506. The number of aryl methyl sites for hydroxylation is 1. The number of nitrogens with one attached hydrogen (secondary N) is 1. The lowest BCUT2D eigenvalue weighted by Gasteiger charge is -2.22. The normalized spacial score (nSPS) is 24.6. The van der Waals surface area contributed by atoms with Gasteiger partial charge >= 0.3 is 0 Å². The second-order valence-corrected chi connectivity index (χ2v) is 5.85. The van der Waals surface area contributed by atoms with Crippen LogP contribution < -0.4 is 5.56 Å². The molecule has 0 spiro atoms. The van der Waals surface area contributed by atoms with Gasteiger partial charge in [0.05, 0.1) is 0 Å². The van der Waals surface area contributed by atoms with Gasteiger partial charge in [0.25, 0.3) is 5.56 Å². The third-order valence-corrected chi connectivity index (χ3v) is 4.89. The molecule has 0 aliphatic carbocycles. The Bertz CT molecular complexity index is 463. The van der Waals surface area contributed by atoms with E-state index in [9.17, 15) is 4.79 Å². The zero-order valence-corrected chi connectivity index (χ0v) is 11.5. The zero-order chi connectivity index (χ0) is 13.1. The van der Waals surface area contributed by atoms with Gasteiger partial charge in [-0.05, 0) is 20.3 Å². The Morgan fingerprint density at radius 2 is 2.44 bits per heavy atom. The van der Waals surface area contributed by atoms with Crippen molar-refractivity contribution in [2.75, 3.05) is 12.5 Å². The van der Waals surface area contributed by atoms with Crippen molar-refractivity contribution in [2.24, 2.45) is 0 Å². The minimum absolute atomic E-state index is 0.0506. The van der Waals surface area contributed by atoms with E-state index in [2.05, 4.69) is 21.8 Å². The van der Waals surface area contributed by atoms with Gasteiger partial charge in [0, 0.05) is 42.1 Å². The van der Waals surface area contributed by atoms with Crippen LogP contribution >= 0.6 is 11.8 Å². The quantitative estimate of drug-likeness (QED) is 0.843. The first-order valence-corrected chi connectivity index (χ1v) is 7.18. The lowest BCUT2D eigenvalue weighted by molar-refractivity contribution is 0.226. The molecule has 0 radical (unpaired) electrons. The van der Waals surface area contributed by atoms with Gasteiger partial charge in [-0.2, -0.15) is 0 Å². The first-order chi connectivity index (χ1) is 8.61. The molecular formula is C12H19N3O2S.